The van der Waals surface area contributed by atoms with E-state index in [9.17, 15) is 4.79 Å². The van der Waals surface area contributed by atoms with Gasteiger partial charge in [-0.25, -0.2) is 0 Å². The molecule has 0 N–H and O–H groups in total. The van der Waals surface area contributed by atoms with Gasteiger partial charge < -0.3 is 9.47 Å². The molecule has 0 saturated carbocycles. The normalized spacial score (nSPS) is 10.1. The number of aryl methyl sites for hydroxylation is 1. The number of benzene rings is 1. The van der Waals surface area contributed by atoms with E-state index < -0.39 is 0 Å². The molecule has 4 heteroatoms. The van der Waals surface area contributed by atoms with Gasteiger partial charge >= 0.3 is 0 Å². The summed E-state index contributed by atoms with van der Waals surface area (Å²) in [6.07, 6.45) is 1.57. The van der Waals surface area contributed by atoms with E-state index in [1.807, 2.05) is 6.92 Å². The van der Waals surface area contributed by atoms with Gasteiger partial charge in [-0.3, -0.25) is 9.78 Å². The van der Waals surface area contributed by atoms with Crippen LogP contribution in [0.2, 0.25) is 0 Å². The number of hydrogen-bond donors (Lipinski definition) is 0. The zero-order chi connectivity index (χ0) is 13.8. The van der Waals surface area contributed by atoms with Crippen LogP contribution in [-0.4, -0.2) is 25.0 Å². The highest BCUT2D eigenvalue weighted by molar-refractivity contribution is 6.10. The van der Waals surface area contributed by atoms with Gasteiger partial charge in [-0.1, -0.05) is 0 Å². The first kappa shape index (κ1) is 13.1. The lowest BCUT2D eigenvalue weighted by Crippen LogP contribution is -2.05. The highest BCUT2D eigenvalue weighted by Crippen LogP contribution is 2.26. The molecule has 1 aromatic heterocycles. The smallest absolute Gasteiger partial charge is 0.198 e. The molecule has 98 valence electrons. The summed E-state index contributed by atoms with van der Waals surface area (Å²) in [5.74, 6) is 0.999. The second kappa shape index (κ2) is 5.52. The number of methoxy groups -OCH3 is 2. The van der Waals surface area contributed by atoms with Crippen molar-refractivity contribution in [3.8, 4) is 11.5 Å². The van der Waals surface area contributed by atoms with Crippen LogP contribution in [0.3, 0.4) is 0 Å². The standard InChI is InChI=1S/C15H15NO3/c1-10-4-5-11(9-16-10)15(17)13-8-12(18-2)6-7-14(13)19-3/h4-9H,1-3H3. The molecule has 1 heterocycles. The molecule has 0 atom stereocenters. The van der Waals surface area contributed by atoms with Gasteiger partial charge in [0.15, 0.2) is 5.78 Å². The Balaban J connectivity index is 2.44. The van der Waals surface area contributed by atoms with E-state index in [0.29, 0.717) is 22.6 Å². The Labute approximate surface area is 112 Å². The maximum Gasteiger partial charge on any atom is 0.198 e. The number of ketones is 1. The molecule has 2 aromatic rings. The third-order valence-corrected chi connectivity index (χ3v) is 2.82. The van der Waals surface area contributed by atoms with Crippen molar-refractivity contribution in [2.45, 2.75) is 6.92 Å². The van der Waals surface area contributed by atoms with E-state index >= 15 is 0 Å². The third-order valence-electron chi connectivity index (χ3n) is 2.82. The minimum atomic E-state index is -0.136. The summed E-state index contributed by atoms with van der Waals surface area (Å²) >= 11 is 0. The van der Waals surface area contributed by atoms with Gasteiger partial charge in [0.05, 0.1) is 19.8 Å². The molecule has 1 aromatic carbocycles. The average molecular weight is 257 g/mol. The van der Waals surface area contributed by atoms with Crippen molar-refractivity contribution in [2.24, 2.45) is 0 Å². The summed E-state index contributed by atoms with van der Waals surface area (Å²) in [7, 11) is 3.09. The zero-order valence-electron chi connectivity index (χ0n) is 11.1. The fraction of sp³-hybridized carbons (Fsp3) is 0.200. The van der Waals surface area contributed by atoms with Crippen LogP contribution >= 0.6 is 0 Å². The number of pyridine rings is 1. The van der Waals surface area contributed by atoms with E-state index in [0.717, 1.165) is 5.69 Å². The summed E-state index contributed by atoms with van der Waals surface area (Å²) in [6, 6.07) is 8.70. The highest BCUT2D eigenvalue weighted by Gasteiger charge is 2.15. The van der Waals surface area contributed by atoms with Gasteiger partial charge in [0, 0.05) is 17.5 Å². The predicted octanol–water partition coefficient (Wildman–Crippen LogP) is 2.64. The van der Waals surface area contributed by atoms with E-state index in [1.54, 1.807) is 43.6 Å². The number of rotatable bonds is 4. The third kappa shape index (κ3) is 2.73. The second-order valence-electron chi connectivity index (χ2n) is 4.08. The molecule has 0 aliphatic heterocycles. The molecule has 0 bridgehead atoms. The van der Waals surface area contributed by atoms with Crippen LogP contribution in [0, 0.1) is 6.92 Å². The molecule has 0 unspecified atom stereocenters. The molecular formula is C15H15NO3. The van der Waals surface area contributed by atoms with Crippen LogP contribution in [0.5, 0.6) is 11.5 Å². The van der Waals surface area contributed by atoms with Crippen molar-refractivity contribution in [2.75, 3.05) is 14.2 Å². The molecule has 0 radical (unpaired) electrons. The summed E-state index contributed by atoms with van der Waals surface area (Å²) < 4.78 is 10.4. The van der Waals surface area contributed by atoms with Crippen LogP contribution < -0.4 is 9.47 Å². The quantitative estimate of drug-likeness (QED) is 0.790. The first-order chi connectivity index (χ1) is 9.15. The van der Waals surface area contributed by atoms with Crippen molar-refractivity contribution in [3.63, 3.8) is 0 Å². The molecule has 2 rings (SSSR count). The summed E-state index contributed by atoms with van der Waals surface area (Å²) in [4.78, 5) is 16.6. The Morgan fingerprint density at radius 3 is 2.47 bits per heavy atom. The number of aromatic nitrogens is 1. The maximum atomic E-state index is 12.4. The fourth-order valence-electron chi connectivity index (χ4n) is 1.75. The predicted molar refractivity (Wildman–Crippen MR) is 72.0 cm³/mol. The van der Waals surface area contributed by atoms with Crippen molar-refractivity contribution in [1.29, 1.82) is 0 Å². The lowest BCUT2D eigenvalue weighted by molar-refractivity contribution is 0.103. The lowest BCUT2D eigenvalue weighted by Gasteiger charge is -2.09. The summed E-state index contributed by atoms with van der Waals surface area (Å²) in [5.41, 5.74) is 1.86. The summed E-state index contributed by atoms with van der Waals surface area (Å²) in [5, 5.41) is 0. The van der Waals surface area contributed by atoms with E-state index in [2.05, 4.69) is 4.98 Å². The molecule has 0 aliphatic carbocycles. The van der Waals surface area contributed by atoms with Crippen molar-refractivity contribution in [3.05, 3.63) is 53.3 Å². The number of hydrogen-bond acceptors (Lipinski definition) is 4. The Kier molecular flexibility index (Phi) is 3.80. The van der Waals surface area contributed by atoms with Gasteiger partial charge in [-0.05, 0) is 37.3 Å². The second-order valence-corrected chi connectivity index (χ2v) is 4.08. The SMILES string of the molecule is COc1ccc(OC)c(C(=O)c2ccc(C)nc2)c1. The van der Waals surface area contributed by atoms with Crippen LogP contribution in [0.15, 0.2) is 36.5 Å². The van der Waals surface area contributed by atoms with Gasteiger partial charge in [-0.2, -0.15) is 0 Å². The van der Waals surface area contributed by atoms with E-state index in [4.69, 9.17) is 9.47 Å². The van der Waals surface area contributed by atoms with Gasteiger partial charge in [0.1, 0.15) is 11.5 Å². The van der Waals surface area contributed by atoms with Crippen LogP contribution in [0.4, 0.5) is 0 Å². The zero-order valence-corrected chi connectivity index (χ0v) is 11.1. The Bertz CT molecular complexity index is 591. The number of carbonyl (C=O) groups excluding carboxylic acids is 1. The molecule has 0 spiro atoms. The topological polar surface area (TPSA) is 48.4 Å². The number of carbonyl (C=O) groups is 1. The fourth-order valence-corrected chi connectivity index (χ4v) is 1.75. The largest absolute Gasteiger partial charge is 0.497 e. The number of ether oxygens (including phenoxy) is 2. The lowest BCUT2D eigenvalue weighted by atomic mass is 10.0. The van der Waals surface area contributed by atoms with Crippen LogP contribution in [0.25, 0.3) is 0 Å². The maximum absolute atomic E-state index is 12.4. The minimum absolute atomic E-state index is 0.136. The van der Waals surface area contributed by atoms with E-state index in [-0.39, 0.29) is 5.78 Å². The minimum Gasteiger partial charge on any atom is -0.497 e. The van der Waals surface area contributed by atoms with Crippen molar-refractivity contribution in [1.82, 2.24) is 4.98 Å². The monoisotopic (exact) mass is 257 g/mol. The summed E-state index contributed by atoms with van der Waals surface area (Å²) in [6.45, 7) is 1.88. The molecule has 0 amide bonds. The molecular weight excluding hydrogens is 242 g/mol. The van der Waals surface area contributed by atoms with Crippen LogP contribution in [-0.2, 0) is 0 Å². The molecule has 0 aliphatic rings. The average Bonchev–Trinajstić information content (AvgIpc) is 2.46. The van der Waals surface area contributed by atoms with Crippen molar-refractivity contribution >= 4 is 5.78 Å². The van der Waals surface area contributed by atoms with Crippen molar-refractivity contribution < 1.29 is 14.3 Å². The Morgan fingerprint density at radius 1 is 1.11 bits per heavy atom. The highest BCUT2D eigenvalue weighted by atomic mass is 16.5. The molecule has 4 nitrogen and oxygen atoms in total. The molecule has 0 saturated heterocycles. The first-order valence-electron chi connectivity index (χ1n) is 5.85. The Hall–Kier alpha value is -2.36. The van der Waals surface area contributed by atoms with E-state index in [1.165, 1.54) is 7.11 Å². The first-order valence-corrected chi connectivity index (χ1v) is 5.85. The van der Waals surface area contributed by atoms with Gasteiger partial charge in [0.25, 0.3) is 0 Å². The van der Waals surface area contributed by atoms with Gasteiger partial charge in [0.2, 0.25) is 0 Å². The van der Waals surface area contributed by atoms with Gasteiger partial charge in [-0.15, -0.1) is 0 Å². The van der Waals surface area contributed by atoms with Crippen LogP contribution in [0.1, 0.15) is 21.6 Å². The molecule has 19 heavy (non-hydrogen) atoms. The number of nitrogens with zero attached hydrogens (tertiary/aromatic N) is 1. The molecule has 0 fully saturated rings. The Morgan fingerprint density at radius 2 is 1.89 bits per heavy atom.